The van der Waals surface area contributed by atoms with Gasteiger partial charge in [-0.05, 0) is 54.8 Å². The summed E-state index contributed by atoms with van der Waals surface area (Å²) in [7, 11) is 0. The van der Waals surface area contributed by atoms with Crippen molar-refractivity contribution in [1.29, 1.82) is 0 Å². The molecule has 194 valence electrons. The largest absolute Gasteiger partial charge is 0.473 e. The van der Waals surface area contributed by atoms with E-state index in [1.54, 1.807) is 6.07 Å². The molecule has 3 aromatic carbocycles. The van der Waals surface area contributed by atoms with E-state index in [9.17, 15) is 0 Å². The minimum Gasteiger partial charge on any atom is -0.473 e. The molecule has 38 heavy (non-hydrogen) atoms. The molecule has 0 aliphatic carbocycles. The van der Waals surface area contributed by atoms with Crippen LogP contribution in [0.25, 0.3) is 11.1 Å². The number of aromatic nitrogens is 1. The second-order valence-corrected chi connectivity index (χ2v) is 10.2. The van der Waals surface area contributed by atoms with Crippen LogP contribution >= 0.6 is 0 Å². The van der Waals surface area contributed by atoms with Crippen molar-refractivity contribution in [3.8, 4) is 22.9 Å². The normalized spacial score (nSPS) is 18.1. The second kappa shape index (κ2) is 10.9. The summed E-state index contributed by atoms with van der Waals surface area (Å²) in [6, 6.07) is 29.2. The Morgan fingerprint density at radius 1 is 0.816 bits per heavy atom. The van der Waals surface area contributed by atoms with Gasteiger partial charge >= 0.3 is 0 Å². The molecule has 0 radical (unpaired) electrons. The monoisotopic (exact) mass is 509 g/mol. The van der Waals surface area contributed by atoms with Crippen LogP contribution in [0.2, 0.25) is 0 Å². The molecular formula is C32H32FN3O2. The smallest absolute Gasteiger partial charge is 0.225 e. The standard InChI is InChI=1S/C32H32FN3O2/c33-28-19-25(11-12-27(28)30-32(22-35-30)15-17-34-18-16-32)26-13-14-29(37-20-23-7-3-1-4-8-23)36-31(26)38-21-24-9-5-2-6-10-24/h1-14,19,30,34-35H,15-18,20-22H2. The van der Waals surface area contributed by atoms with E-state index in [0.29, 0.717) is 25.0 Å². The summed E-state index contributed by atoms with van der Waals surface area (Å²) < 4.78 is 27.7. The van der Waals surface area contributed by atoms with Crippen molar-refractivity contribution < 1.29 is 13.9 Å². The topological polar surface area (TPSA) is 55.4 Å². The van der Waals surface area contributed by atoms with Crippen LogP contribution < -0.4 is 20.1 Å². The van der Waals surface area contributed by atoms with Gasteiger partial charge in [-0.3, -0.25) is 0 Å². The molecule has 2 aliphatic rings. The van der Waals surface area contributed by atoms with Crippen LogP contribution in [0.5, 0.6) is 11.8 Å². The Labute approximate surface area is 223 Å². The lowest BCUT2D eigenvalue weighted by molar-refractivity contribution is 0.0415. The summed E-state index contributed by atoms with van der Waals surface area (Å²) in [6.07, 6.45) is 2.13. The average Bonchev–Trinajstić information content (AvgIpc) is 2.97. The van der Waals surface area contributed by atoms with Crippen molar-refractivity contribution in [2.45, 2.75) is 32.1 Å². The third kappa shape index (κ3) is 5.15. The molecule has 5 nitrogen and oxygen atoms in total. The summed E-state index contributed by atoms with van der Waals surface area (Å²) in [4.78, 5) is 4.68. The molecule has 0 bridgehead atoms. The molecule has 6 heteroatoms. The van der Waals surface area contributed by atoms with E-state index in [2.05, 4.69) is 15.6 Å². The molecule has 6 rings (SSSR count). The molecular weight excluding hydrogens is 477 g/mol. The fraction of sp³-hybridized carbons (Fsp3) is 0.281. The fourth-order valence-corrected chi connectivity index (χ4v) is 5.54. The maximum absolute atomic E-state index is 15.6. The highest BCUT2D eigenvalue weighted by Crippen LogP contribution is 2.48. The zero-order chi connectivity index (χ0) is 25.8. The number of ether oxygens (including phenoxy) is 2. The third-order valence-electron chi connectivity index (χ3n) is 7.78. The zero-order valence-corrected chi connectivity index (χ0v) is 21.3. The maximum Gasteiger partial charge on any atom is 0.225 e. The number of nitrogens with one attached hydrogen (secondary N) is 2. The van der Waals surface area contributed by atoms with Gasteiger partial charge < -0.3 is 20.1 Å². The van der Waals surface area contributed by atoms with Crippen LogP contribution in [0.4, 0.5) is 4.39 Å². The molecule has 1 spiro atoms. The van der Waals surface area contributed by atoms with Gasteiger partial charge in [-0.25, -0.2) is 4.39 Å². The van der Waals surface area contributed by atoms with Gasteiger partial charge in [-0.1, -0.05) is 72.8 Å². The number of piperidine rings is 1. The van der Waals surface area contributed by atoms with Crippen molar-refractivity contribution in [3.63, 3.8) is 0 Å². The molecule has 2 saturated heterocycles. The summed E-state index contributed by atoms with van der Waals surface area (Å²) in [5, 5.41) is 6.91. The lowest BCUT2D eigenvalue weighted by Gasteiger charge is -2.53. The molecule has 1 atom stereocenters. The first-order chi connectivity index (χ1) is 18.7. The molecule has 0 amide bonds. The Hall–Kier alpha value is -3.74. The van der Waals surface area contributed by atoms with Gasteiger partial charge in [0, 0.05) is 35.2 Å². The van der Waals surface area contributed by atoms with Gasteiger partial charge in [0.05, 0.1) is 0 Å². The number of hydrogen-bond acceptors (Lipinski definition) is 5. The lowest BCUT2D eigenvalue weighted by atomic mass is 9.65. The first-order valence-corrected chi connectivity index (χ1v) is 13.3. The van der Waals surface area contributed by atoms with Crippen molar-refractivity contribution in [2.75, 3.05) is 19.6 Å². The van der Waals surface area contributed by atoms with E-state index < -0.39 is 0 Å². The number of halogens is 1. The first kappa shape index (κ1) is 24.6. The Morgan fingerprint density at radius 2 is 1.50 bits per heavy atom. The van der Waals surface area contributed by atoms with Crippen LogP contribution in [0.15, 0.2) is 91.0 Å². The fourth-order valence-electron chi connectivity index (χ4n) is 5.54. The molecule has 2 N–H and O–H groups in total. The SMILES string of the molecule is Fc1cc(-c2ccc(OCc3ccccc3)nc2OCc2ccccc2)ccc1C1NCC12CCNCC2. The minimum absolute atomic E-state index is 0.0549. The summed E-state index contributed by atoms with van der Waals surface area (Å²) in [5.74, 6) is 0.684. The Balaban J connectivity index is 1.27. The summed E-state index contributed by atoms with van der Waals surface area (Å²) >= 11 is 0. The van der Waals surface area contributed by atoms with Crippen molar-refractivity contribution in [2.24, 2.45) is 5.41 Å². The third-order valence-corrected chi connectivity index (χ3v) is 7.78. The summed E-state index contributed by atoms with van der Waals surface area (Å²) in [5.41, 5.74) is 4.44. The highest BCUT2D eigenvalue weighted by atomic mass is 19.1. The maximum atomic E-state index is 15.6. The second-order valence-electron chi connectivity index (χ2n) is 10.2. The van der Waals surface area contributed by atoms with Crippen LogP contribution in [0, 0.1) is 11.2 Å². The van der Waals surface area contributed by atoms with Crippen molar-refractivity contribution in [1.82, 2.24) is 15.6 Å². The van der Waals surface area contributed by atoms with Crippen LogP contribution in [-0.2, 0) is 13.2 Å². The molecule has 2 aliphatic heterocycles. The predicted octanol–water partition coefficient (Wildman–Crippen LogP) is 6.06. The number of hydrogen-bond donors (Lipinski definition) is 2. The van der Waals surface area contributed by atoms with E-state index in [0.717, 1.165) is 60.3 Å². The number of rotatable bonds is 8. The molecule has 2 fully saturated rings. The van der Waals surface area contributed by atoms with Crippen LogP contribution in [0.3, 0.4) is 0 Å². The van der Waals surface area contributed by atoms with E-state index in [1.165, 1.54) is 0 Å². The molecule has 3 heterocycles. The molecule has 0 saturated carbocycles. The van der Waals surface area contributed by atoms with Gasteiger partial charge in [0.1, 0.15) is 19.0 Å². The van der Waals surface area contributed by atoms with Gasteiger partial charge in [-0.2, -0.15) is 4.98 Å². The van der Waals surface area contributed by atoms with Gasteiger partial charge in [-0.15, -0.1) is 0 Å². The number of benzene rings is 3. The quantitative estimate of drug-likeness (QED) is 0.302. The predicted molar refractivity (Wildman–Crippen MR) is 146 cm³/mol. The Kier molecular flexibility index (Phi) is 7.08. The molecule has 4 aromatic rings. The molecule has 1 unspecified atom stereocenters. The number of pyridine rings is 1. The first-order valence-electron chi connectivity index (χ1n) is 13.3. The van der Waals surface area contributed by atoms with Crippen LogP contribution in [0.1, 0.15) is 35.6 Å². The van der Waals surface area contributed by atoms with E-state index >= 15 is 4.39 Å². The highest BCUT2D eigenvalue weighted by Gasteiger charge is 2.48. The molecule has 1 aromatic heterocycles. The van der Waals surface area contributed by atoms with E-state index in [4.69, 9.17) is 9.47 Å². The van der Waals surface area contributed by atoms with Gasteiger partial charge in [0.2, 0.25) is 11.8 Å². The lowest BCUT2D eigenvalue weighted by Crippen LogP contribution is -2.60. The van der Waals surface area contributed by atoms with Crippen molar-refractivity contribution in [3.05, 3.63) is 114 Å². The van der Waals surface area contributed by atoms with Gasteiger partial charge in [0.25, 0.3) is 0 Å². The highest BCUT2D eigenvalue weighted by molar-refractivity contribution is 5.69. The number of nitrogens with zero attached hydrogens (tertiary/aromatic N) is 1. The summed E-state index contributed by atoms with van der Waals surface area (Å²) in [6.45, 7) is 3.69. The van der Waals surface area contributed by atoms with E-state index in [-0.39, 0.29) is 17.3 Å². The Bertz CT molecular complexity index is 1370. The minimum atomic E-state index is -0.198. The van der Waals surface area contributed by atoms with Gasteiger partial charge in [0.15, 0.2) is 0 Å². The Morgan fingerprint density at radius 3 is 2.13 bits per heavy atom. The van der Waals surface area contributed by atoms with Crippen LogP contribution in [-0.4, -0.2) is 24.6 Å². The zero-order valence-electron chi connectivity index (χ0n) is 21.3. The van der Waals surface area contributed by atoms with Crippen molar-refractivity contribution >= 4 is 0 Å². The average molecular weight is 510 g/mol. The van der Waals surface area contributed by atoms with E-state index in [1.807, 2.05) is 84.9 Å².